The molecule has 4 nitrogen and oxygen atoms in total. The zero-order valence-corrected chi connectivity index (χ0v) is 15.4. The first-order valence-corrected chi connectivity index (χ1v) is 9.43. The molecule has 0 aliphatic heterocycles. The van der Waals surface area contributed by atoms with Crippen LogP contribution in [-0.4, -0.2) is 34.9 Å². The first-order valence-electron chi connectivity index (χ1n) is 9.43. The molecule has 3 rings (SSSR count). The number of hydrogen-bond donors (Lipinski definition) is 2. The van der Waals surface area contributed by atoms with Crippen molar-refractivity contribution in [1.82, 2.24) is 4.90 Å². The van der Waals surface area contributed by atoms with Crippen LogP contribution in [0.3, 0.4) is 0 Å². The Kier molecular flexibility index (Phi) is 7.22. The standard InChI is InChI=1S/C23H27NO3/c25-16-15-24(22(18-26)20-10-5-2-6-11-20)21(23-12-7-17-27-23)14-13-19-8-3-1-4-9-19/h1-12,17,21-22,25-26H,13-16,18H2/t21-,22-/m1/s1. The van der Waals surface area contributed by atoms with Crippen LogP contribution in [0.2, 0.25) is 0 Å². The average Bonchev–Trinajstić information content (AvgIpc) is 3.25. The highest BCUT2D eigenvalue weighted by Crippen LogP contribution is 2.33. The molecule has 0 saturated carbocycles. The van der Waals surface area contributed by atoms with Gasteiger partial charge in [-0.1, -0.05) is 60.7 Å². The lowest BCUT2D eigenvalue weighted by Crippen LogP contribution is -2.37. The van der Waals surface area contributed by atoms with Crippen molar-refractivity contribution in [1.29, 1.82) is 0 Å². The van der Waals surface area contributed by atoms with Gasteiger partial charge in [0.25, 0.3) is 0 Å². The van der Waals surface area contributed by atoms with E-state index in [2.05, 4.69) is 17.0 Å². The minimum atomic E-state index is -0.204. The van der Waals surface area contributed by atoms with Crippen LogP contribution in [0.25, 0.3) is 0 Å². The molecule has 1 aromatic heterocycles. The first kappa shape index (κ1) is 19.4. The summed E-state index contributed by atoms with van der Waals surface area (Å²) in [5, 5.41) is 19.9. The average molecular weight is 365 g/mol. The highest BCUT2D eigenvalue weighted by Gasteiger charge is 2.29. The van der Waals surface area contributed by atoms with E-state index >= 15 is 0 Å². The number of benzene rings is 2. The van der Waals surface area contributed by atoms with E-state index in [0.29, 0.717) is 6.54 Å². The summed E-state index contributed by atoms with van der Waals surface area (Å²) in [6.07, 6.45) is 3.40. The van der Waals surface area contributed by atoms with Gasteiger partial charge in [-0.05, 0) is 36.1 Å². The predicted molar refractivity (Wildman–Crippen MR) is 106 cm³/mol. The monoisotopic (exact) mass is 365 g/mol. The summed E-state index contributed by atoms with van der Waals surface area (Å²) in [5.41, 5.74) is 2.29. The molecule has 2 aromatic carbocycles. The lowest BCUT2D eigenvalue weighted by atomic mass is 9.98. The third-order valence-corrected chi connectivity index (χ3v) is 4.94. The molecule has 0 saturated heterocycles. The minimum Gasteiger partial charge on any atom is -0.468 e. The van der Waals surface area contributed by atoms with Crippen molar-refractivity contribution >= 4 is 0 Å². The van der Waals surface area contributed by atoms with Crippen LogP contribution in [-0.2, 0) is 6.42 Å². The van der Waals surface area contributed by atoms with Gasteiger partial charge in [-0.3, -0.25) is 4.90 Å². The predicted octanol–water partition coefficient (Wildman–Crippen LogP) is 3.98. The van der Waals surface area contributed by atoms with Gasteiger partial charge in [-0.15, -0.1) is 0 Å². The highest BCUT2D eigenvalue weighted by molar-refractivity contribution is 5.21. The summed E-state index contributed by atoms with van der Waals surface area (Å²) in [6.45, 7) is 0.457. The van der Waals surface area contributed by atoms with Crippen LogP contribution in [0.1, 0.15) is 35.4 Å². The third kappa shape index (κ3) is 5.07. The van der Waals surface area contributed by atoms with E-state index in [4.69, 9.17) is 4.42 Å². The maximum absolute atomic E-state index is 10.2. The summed E-state index contributed by atoms with van der Waals surface area (Å²) in [5.74, 6) is 0.855. The van der Waals surface area contributed by atoms with Gasteiger partial charge >= 0.3 is 0 Å². The van der Waals surface area contributed by atoms with E-state index in [-0.39, 0.29) is 25.3 Å². The van der Waals surface area contributed by atoms with Crippen molar-refractivity contribution in [2.75, 3.05) is 19.8 Å². The molecule has 0 radical (unpaired) electrons. The zero-order valence-electron chi connectivity index (χ0n) is 15.4. The Morgan fingerprint density at radius 3 is 2.11 bits per heavy atom. The molecule has 27 heavy (non-hydrogen) atoms. The third-order valence-electron chi connectivity index (χ3n) is 4.94. The summed E-state index contributed by atoms with van der Waals surface area (Å²) >= 11 is 0. The fourth-order valence-corrected chi connectivity index (χ4v) is 3.62. The van der Waals surface area contributed by atoms with E-state index in [1.807, 2.05) is 60.7 Å². The lowest BCUT2D eigenvalue weighted by Gasteiger charge is -2.36. The van der Waals surface area contributed by atoms with Crippen molar-refractivity contribution in [3.63, 3.8) is 0 Å². The van der Waals surface area contributed by atoms with E-state index < -0.39 is 0 Å². The number of nitrogens with zero attached hydrogens (tertiary/aromatic N) is 1. The molecule has 0 aliphatic carbocycles. The maximum atomic E-state index is 10.2. The van der Waals surface area contributed by atoms with E-state index in [0.717, 1.165) is 24.2 Å². The van der Waals surface area contributed by atoms with E-state index in [9.17, 15) is 10.2 Å². The van der Waals surface area contributed by atoms with Crippen molar-refractivity contribution in [2.24, 2.45) is 0 Å². The van der Waals surface area contributed by atoms with Gasteiger partial charge < -0.3 is 14.6 Å². The lowest BCUT2D eigenvalue weighted by molar-refractivity contribution is 0.0511. The number of aliphatic hydroxyl groups excluding tert-OH is 2. The normalized spacial score (nSPS) is 13.6. The molecule has 3 aromatic rings. The smallest absolute Gasteiger partial charge is 0.120 e. The van der Waals surface area contributed by atoms with Gasteiger partial charge in [0.1, 0.15) is 5.76 Å². The van der Waals surface area contributed by atoms with Crippen LogP contribution in [0, 0.1) is 0 Å². The summed E-state index contributed by atoms with van der Waals surface area (Å²) < 4.78 is 5.74. The Balaban J connectivity index is 1.88. The Labute approximate surface area is 160 Å². The second kappa shape index (κ2) is 10.1. The molecule has 0 spiro atoms. The fraction of sp³-hybridized carbons (Fsp3) is 0.304. The molecule has 0 unspecified atom stereocenters. The second-order valence-electron chi connectivity index (χ2n) is 6.63. The van der Waals surface area contributed by atoms with Gasteiger partial charge in [0.2, 0.25) is 0 Å². The van der Waals surface area contributed by atoms with Gasteiger partial charge in [-0.25, -0.2) is 0 Å². The van der Waals surface area contributed by atoms with Crippen LogP contribution in [0.15, 0.2) is 83.5 Å². The molecular formula is C23H27NO3. The van der Waals surface area contributed by atoms with E-state index in [1.165, 1.54) is 5.56 Å². The molecule has 142 valence electrons. The van der Waals surface area contributed by atoms with Crippen molar-refractivity contribution in [3.8, 4) is 0 Å². The fourth-order valence-electron chi connectivity index (χ4n) is 3.62. The molecule has 0 amide bonds. The van der Waals surface area contributed by atoms with Crippen molar-refractivity contribution < 1.29 is 14.6 Å². The number of hydrogen-bond acceptors (Lipinski definition) is 4. The highest BCUT2D eigenvalue weighted by atomic mass is 16.3. The zero-order chi connectivity index (χ0) is 18.9. The molecule has 4 heteroatoms. The van der Waals surface area contributed by atoms with Gasteiger partial charge in [0, 0.05) is 6.54 Å². The maximum Gasteiger partial charge on any atom is 0.120 e. The van der Waals surface area contributed by atoms with Crippen LogP contribution >= 0.6 is 0 Å². The quantitative estimate of drug-likeness (QED) is 0.571. The molecule has 1 heterocycles. The van der Waals surface area contributed by atoms with Crippen LogP contribution < -0.4 is 0 Å². The number of rotatable bonds is 10. The largest absolute Gasteiger partial charge is 0.468 e. The van der Waals surface area contributed by atoms with E-state index in [1.54, 1.807) is 6.26 Å². The van der Waals surface area contributed by atoms with Crippen molar-refractivity contribution in [2.45, 2.75) is 24.9 Å². The summed E-state index contributed by atoms with van der Waals surface area (Å²) in [4.78, 5) is 2.15. The number of furan rings is 1. The van der Waals surface area contributed by atoms with Crippen LogP contribution in [0.4, 0.5) is 0 Å². The summed E-state index contributed by atoms with van der Waals surface area (Å²) in [6, 6.07) is 23.9. The van der Waals surface area contributed by atoms with Gasteiger partial charge in [-0.2, -0.15) is 0 Å². The second-order valence-corrected chi connectivity index (χ2v) is 6.63. The molecular weight excluding hydrogens is 338 g/mol. The molecule has 0 aliphatic rings. The Morgan fingerprint density at radius 1 is 0.815 bits per heavy atom. The number of aliphatic hydroxyl groups is 2. The Bertz CT molecular complexity index is 759. The molecule has 0 bridgehead atoms. The molecule has 0 fully saturated rings. The minimum absolute atomic E-state index is 0.0197. The first-order chi connectivity index (χ1) is 13.3. The SMILES string of the molecule is OCCN([C@H](CO)c1ccccc1)[C@H](CCc1ccccc1)c1ccco1. The Hall–Kier alpha value is -2.40. The summed E-state index contributed by atoms with van der Waals surface area (Å²) in [7, 11) is 0. The van der Waals surface area contributed by atoms with Gasteiger partial charge in [0.05, 0.1) is 31.6 Å². The topological polar surface area (TPSA) is 56.8 Å². The molecule has 2 N–H and O–H groups in total. The van der Waals surface area contributed by atoms with Crippen LogP contribution in [0.5, 0.6) is 0 Å². The Morgan fingerprint density at radius 2 is 1.52 bits per heavy atom. The number of aryl methyl sites for hydroxylation is 1. The molecule has 2 atom stereocenters. The van der Waals surface area contributed by atoms with Crippen molar-refractivity contribution in [3.05, 3.63) is 95.9 Å². The van der Waals surface area contributed by atoms with Gasteiger partial charge in [0.15, 0.2) is 0 Å².